The fraction of sp³-hybridized carbons (Fsp3) is 0. The molecule has 0 N–H and O–H groups in total. The van der Waals surface area contributed by atoms with E-state index >= 15 is 0 Å². The highest BCUT2D eigenvalue weighted by Crippen LogP contribution is 2.40. The minimum absolute atomic E-state index is 0.795. The molecular weight excluding hydrogens is 697 g/mol. The first-order valence-corrected chi connectivity index (χ1v) is 19.2. The van der Waals surface area contributed by atoms with Gasteiger partial charge < -0.3 is 8.98 Å². The molecule has 0 saturated heterocycles. The highest BCUT2D eigenvalue weighted by molar-refractivity contribution is 6.13. The quantitative estimate of drug-likeness (QED) is 0.177. The van der Waals surface area contributed by atoms with Gasteiger partial charge >= 0.3 is 0 Å². The standard InChI is InChI=1S/C52H32N4O/c1-3-12-33(13-4-1)37-29-44(34-14-5-2-6-15-34)54-51(31-37)56-46-19-10-7-16-39(46)41-24-21-36(30-48(41)56)35-22-25-47-42(28-35)40-17-8-9-18-45(40)55(47)38-23-26-49-43(32-38)52-50(57-49)20-11-27-53-52/h1-32H. The molecule has 0 amide bonds. The molecule has 0 radical (unpaired) electrons. The Morgan fingerprint density at radius 2 is 1.04 bits per heavy atom. The van der Waals surface area contributed by atoms with Gasteiger partial charge in [0.25, 0.3) is 0 Å². The molecule has 0 aliphatic rings. The van der Waals surface area contributed by atoms with Crippen molar-refractivity contribution in [3.63, 3.8) is 0 Å². The first-order chi connectivity index (χ1) is 28.2. The molecule has 12 rings (SSSR count). The van der Waals surface area contributed by atoms with Crippen molar-refractivity contribution in [3.05, 3.63) is 194 Å². The normalized spacial score (nSPS) is 11.9. The van der Waals surface area contributed by atoms with Crippen LogP contribution in [0, 0.1) is 0 Å². The average molecular weight is 729 g/mol. The van der Waals surface area contributed by atoms with Gasteiger partial charge in [-0.25, -0.2) is 4.98 Å². The Morgan fingerprint density at radius 1 is 0.368 bits per heavy atom. The Bertz CT molecular complexity index is 3460. The first-order valence-electron chi connectivity index (χ1n) is 19.2. The molecular formula is C52H32N4O. The van der Waals surface area contributed by atoms with E-state index in [1.54, 1.807) is 0 Å². The fourth-order valence-corrected chi connectivity index (χ4v) is 8.74. The zero-order chi connectivity index (χ0) is 37.5. The Balaban J connectivity index is 1.05. The van der Waals surface area contributed by atoms with Gasteiger partial charge in [-0.05, 0) is 95.1 Å². The van der Waals surface area contributed by atoms with Crippen molar-refractivity contribution in [2.75, 3.05) is 0 Å². The average Bonchev–Trinajstić information content (AvgIpc) is 3.94. The van der Waals surface area contributed by atoms with E-state index < -0.39 is 0 Å². The van der Waals surface area contributed by atoms with Crippen LogP contribution in [0.5, 0.6) is 0 Å². The summed E-state index contributed by atoms with van der Waals surface area (Å²) >= 11 is 0. The van der Waals surface area contributed by atoms with Crippen molar-refractivity contribution < 1.29 is 4.42 Å². The third-order valence-corrected chi connectivity index (χ3v) is 11.4. The monoisotopic (exact) mass is 728 g/mol. The maximum Gasteiger partial charge on any atom is 0.153 e. The summed E-state index contributed by atoms with van der Waals surface area (Å²) in [6.45, 7) is 0. The smallest absolute Gasteiger partial charge is 0.153 e. The Hall–Kier alpha value is -7.76. The van der Waals surface area contributed by atoms with Crippen LogP contribution in [-0.2, 0) is 0 Å². The van der Waals surface area contributed by atoms with E-state index in [1.165, 1.54) is 21.5 Å². The van der Waals surface area contributed by atoms with E-state index in [1.807, 2.05) is 24.4 Å². The summed E-state index contributed by atoms with van der Waals surface area (Å²) in [7, 11) is 0. The van der Waals surface area contributed by atoms with E-state index in [0.29, 0.717) is 0 Å². The SMILES string of the molecule is c1ccc(-c2cc(-c3ccccc3)nc(-n3c4ccccc4c4ccc(-c5ccc6c(c5)c5ccccc5n6-c5ccc6oc7cccnc7c6c5)cc43)c2)cc1. The van der Waals surface area contributed by atoms with E-state index in [-0.39, 0.29) is 0 Å². The minimum atomic E-state index is 0.795. The van der Waals surface area contributed by atoms with Gasteiger partial charge in [-0.15, -0.1) is 0 Å². The number of pyridine rings is 2. The lowest BCUT2D eigenvalue weighted by Crippen LogP contribution is -2.00. The number of fused-ring (bicyclic) bond motifs is 9. The van der Waals surface area contributed by atoms with Gasteiger partial charge in [0.05, 0.1) is 27.8 Å². The Labute approximate surface area is 327 Å². The van der Waals surface area contributed by atoms with Crippen LogP contribution in [0.25, 0.3) is 111 Å². The Morgan fingerprint density at radius 3 is 1.86 bits per heavy atom. The number of hydrogen-bond acceptors (Lipinski definition) is 3. The lowest BCUT2D eigenvalue weighted by Gasteiger charge is -2.13. The van der Waals surface area contributed by atoms with Crippen LogP contribution in [0.4, 0.5) is 0 Å². The zero-order valence-electron chi connectivity index (χ0n) is 30.7. The summed E-state index contributed by atoms with van der Waals surface area (Å²) in [5.74, 6) is 0.884. The van der Waals surface area contributed by atoms with Gasteiger partial charge in [0, 0.05) is 44.4 Å². The summed E-state index contributed by atoms with van der Waals surface area (Å²) in [4.78, 5) is 10.0. The largest absolute Gasteiger partial charge is 0.454 e. The summed E-state index contributed by atoms with van der Waals surface area (Å²) in [6.07, 6.45) is 1.82. The van der Waals surface area contributed by atoms with E-state index in [4.69, 9.17) is 9.40 Å². The van der Waals surface area contributed by atoms with Gasteiger partial charge in [0.2, 0.25) is 0 Å². The molecule has 0 spiro atoms. The fourth-order valence-electron chi connectivity index (χ4n) is 8.74. The predicted octanol–water partition coefficient (Wildman–Crippen LogP) is 13.6. The number of benzene rings is 7. The second kappa shape index (κ2) is 12.4. The second-order valence-corrected chi connectivity index (χ2v) is 14.6. The van der Waals surface area contributed by atoms with Crippen molar-refractivity contribution in [1.82, 2.24) is 19.1 Å². The van der Waals surface area contributed by atoms with Crippen LogP contribution < -0.4 is 0 Å². The molecule has 57 heavy (non-hydrogen) atoms. The van der Waals surface area contributed by atoms with Crippen molar-refractivity contribution in [3.8, 4) is 45.0 Å². The Kier molecular flexibility index (Phi) is 6.86. The van der Waals surface area contributed by atoms with Crippen molar-refractivity contribution >= 4 is 65.7 Å². The molecule has 0 bridgehead atoms. The topological polar surface area (TPSA) is 48.8 Å². The number of para-hydroxylation sites is 2. The molecule has 0 aliphatic heterocycles. The van der Waals surface area contributed by atoms with Gasteiger partial charge in [-0.1, -0.05) is 115 Å². The minimum Gasteiger partial charge on any atom is -0.454 e. The summed E-state index contributed by atoms with van der Waals surface area (Å²) < 4.78 is 10.8. The summed E-state index contributed by atoms with van der Waals surface area (Å²) in [6, 6.07) is 66.8. The van der Waals surface area contributed by atoms with Crippen molar-refractivity contribution in [2.45, 2.75) is 0 Å². The maximum atomic E-state index is 6.13. The molecule has 0 fully saturated rings. The van der Waals surface area contributed by atoms with Crippen LogP contribution >= 0.6 is 0 Å². The molecule has 5 heterocycles. The van der Waals surface area contributed by atoms with Crippen LogP contribution in [0.15, 0.2) is 199 Å². The van der Waals surface area contributed by atoms with Gasteiger partial charge in [-0.3, -0.25) is 9.55 Å². The number of aromatic nitrogens is 4. The number of furan rings is 1. The lowest BCUT2D eigenvalue weighted by molar-refractivity contribution is 0.668. The number of hydrogen-bond donors (Lipinski definition) is 0. The molecule has 266 valence electrons. The lowest BCUT2D eigenvalue weighted by atomic mass is 10.0. The molecule has 5 heteroatoms. The second-order valence-electron chi connectivity index (χ2n) is 14.6. The van der Waals surface area contributed by atoms with Crippen LogP contribution in [-0.4, -0.2) is 19.1 Å². The van der Waals surface area contributed by atoms with Crippen molar-refractivity contribution in [1.29, 1.82) is 0 Å². The van der Waals surface area contributed by atoms with Crippen LogP contribution in [0.3, 0.4) is 0 Å². The van der Waals surface area contributed by atoms with Gasteiger partial charge in [-0.2, -0.15) is 0 Å². The third kappa shape index (κ3) is 4.96. The van der Waals surface area contributed by atoms with E-state index in [2.05, 4.69) is 184 Å². The van der Waals surface area contributed by atoms with E-state index in [0.717, 1.165) is 89.2 Å². The van der Waals surface area contributed by atoms with Crippen LogP contribution in [0.2, 0.25) is 0 Å². The third-order valence-electron chi connectivity index (χ3n) is 11.4. The summed E-state index contributed by atoms with van der Waals surface area (Å²) in [5.41, 5.74) is 14.7. The van der Waals surface area contributed by atoms with E-state index in [9.17, 15) is 0 Å². The number of rotatable bonds is 5. The molecule has 5 aromatic heterocycles. The van der Waals surface area contributed by atoms with Crippen LogP contribution in [0.1, 0.15) is 0 Å². The highest BCUT2D eigenvalue weighted by atomic mass is 16.3. The van der Waals surface area contributed by atoms with Crippen molar-refractivity contribution in [2.24, 2.45) is 0 Å². The summed E-state index contributed by atoms with van der Waals surface area (Å²) in [5, 5.41) is 5.80. The predicted molar refractivity (Wildman–Crippen MR) is 234 cm³/mol. The molecule has 0 unspecified atom stereocenters. The first kappa shape index (κ1) is 31.6. The van der Waals surface area contributed by atoms with Gasteiger partial charge in [0.15, 0.2) is 5.58 Å². The zero-order valence-corrected chi connectivity index (χ0v) is 30.7. The molecule has 0 aliphatic carbocycles. The molecule has 5 nitrogen and oxygen atoms in total. The number of nitrogens with zero attached hydrogens (tertiary/aromatic N) is 4. The molecule has 7 aromatic carbocycles. The molecule has 0 saturated carbocycles. The molecule has 0 atom stereocenters. The van der Waals surface area contributed by atoms with Gasteiger partial charge in [0.1, 0.15) is 16.9 Å². The maximum absolute atomic E-state index is 6.13. The molecule has 12 aromatic rings. The highest BCUT2D eigenvalue weighted by Gasteiger charge is 2.19.